The van der Waals surface area contributed by atoms with Gasteiger partial charge < -0.3 is 10.1 Å². The SMILES string of the molecule is O=C(COc1ccc(Br)cc1)N[C@H]1CCSc2ccccc21. The van der Waals surface area contributed by atoms with E-state index in [-0.39, 0.29) is 18.6 Å². The Morgan fingerprint density at radius 2 is 2.00 bits per heavy atom. The number of amides is 1. The molecule has 2 aromatic carbocycles. The van der Waals surface area contributed by atoms with Crippen LogP contribution in [0.5, 0.6) is 5.75 Å². The molecule has 0 bridgehead atoms. The van der Waals surface area contributed by atoms with Gasteiger partial charge in [-0.3, -0.25) is 4.79 Å². The van der Waals surface area contributed by atoms with Crippen molar-refractivity contribution >= 4 is 33.6 Å². The van der Waals surface area contributed by atoms with Gasteiger partial charge in [0.2, 0.25) is 0 Å². The van der Waals surface area contributed by atoms with Gasteiger partial charge in [0, 0.05) is 15.1 Å². The number of fused-ring (bicyclic) bond motifs is 1. The first-order valence-corrected chi connectivity index (χ1v) is 8.90. The summed E-state index contributed by atoms with van der Waals surface area (Å²) in [6, 6.07) is 15.8. The molecule has 0 aliphatic carbocycles. The number of rotatable bonds is 4. The summed E-state index contributed by atoms with van der Waals surface area (Å²) in [4.78, 5) is 13.4. The van der Waals surface area contributed by atoms with Gasteiger partial charge in [0.25, 0.3) is 5.91 Å². The molecular weight excluding hydrogens is 362 g/mol. The summed E-state index contributed by atoms with van der Waals surface area (Å²) in [7, 11) is 0. The van der Waals surface area contributed by atoms with Gasteiger partial charge in [-0.25, -0.2) is 0 Å². The van der Waals surface area contributed by atoms with Crippen LogP contribution in [0.3, 0.4) is 0 Å². The molecule has 22 heavy (non-hydrogen) atoms. The molecule has 0 aromatic heterocycles. The molecule has 1 atom stereocenters. The van der Waals surface area contributed by atoms with Crippen LogP contribution in [0.4, 0.5) is 0 Å². The van der Waals surface area contributed by atoms with E-state index < -0.39 is 0 Å². The Kier molecular flexibility index (Phi) is 5.05. The first-order valence-electron chi connectivity index (χ1n) is 7.12. The van der Waals surface area contributed by atoms with Crippen LogP contribution < -0.4 is 10.1 Å². The van der Waals surface area contributed by atoms with Gasteiger partial charge in [-0.2, -0.15) is 0 Å². The van der Waals surface area contributed by atoms with Crippen LogP contribution in [0.1, 0.15) is 18.0 Å². The number of hydrogen-bond acceptors (Lipinski definition) is 3. The topological polar surface area (TPSA) is 38.3 Å². The molecule has 5 heteroatoms. The predicted molar refractivity (Wildman–Crippen MR) is 92.3 cm³/mol. The van der Waals surface area contributed by atoms with Crippen molar-refractivity contribution in [2.75, 3.05) is 12.4 Å². The van der Waals surface area contributed by atoms with Gasteiger partial charge in [-0.15, -0.1) is 11.8 Å². The lowest BCUT2D eigenvalue weighted by Gasteiger charge is -2.25. The van der Waals surface area contributed by atoms with Crippen LogP contribution in [0.2, 0.25) is 0 Å². The van der Waals surface area contributed by atoms with Gasteiger partial charge in [-0.1, -0.05) is 34.1 Å². The van der Waals surface area contributed by atoms with Gasteiger partial charge in [0.1, 0.15) is 5.75 Å². The molecule has 1 aliphatic heterocycles. The summed E-state index contributed by atoms with van der Waals surface area (Å²) < 4.78 is 6.50. The third-order valence-electron chi connectivity index (χ3n) is 3.48. The summed E-state index contributed by atoms with van der Waals surface area (Å²) in [6.45, 7) is 0.0352. The predicted octanol–water partition coefficient (Wildman–Crippen LogP) is 4.18. The minimum atomic E-state index is -0.0883. The summed E-state index contributed by atoms with van der Waals surface area (Å²) in [5.41, 5.74) is 1.20. The second-order valence-corrected chi connectivity index (χ2v) is 7.09. The molecule has 1 heterocycles. The van der Waals surface area contributed by atoms with Crippen molar-refractivity contribution in [3.8, 4) is 5.75 Å². The smallest absolute Gasteiger partial charge is 0.258 e. The van der Waals surface area contributed by atoms with Crippen LogP contribution in [-0.2, 0) is 4.79 Å². The Morgan fingerprint density at radius 1 is 1.23 bits per heavy atom. The van der Waals surface area contributed by atoms with Crippen molar-refractivity contribution in [2.24, 2.45) is 0 Å². The zero-order valence-electron chi connectivity index (χ0n) is 11.9. The van der Waals surface area contributed by atoms with E-state index in [1.54, 1.807) is 0 Å². The largest absolute Gasteiger partial charge is 0.484 e. The van der Waals surface area contributed by atoms with Crippen LogP contribution in [-0.4, -0.2) is 18.3 Å². The number of carbonyl (C=O) groups is 1. The zero-order valence-corrected chi connectivity index (χ0v) is 14.3. The van der Waals surface area contributed by atoms with Crippen molar-refractivity contribution in [1.29, 1.82) is 0 Å². The van der Waals surface area contributed by atoms with Crippen molar-refractivity contribution in [2.45, 2.75) is 17.4 Å². The normalized spacial score (nSPS) is 16.7. The highest BCUT2D eigenvalue weighted by Crippen LogP contribution is 2.35. The summed E-state index contributed by atoms with van der Waals surface area (Å²) >= 11 is 5.21. The van der Waals surface area contributed by atoms with Gasteiger partial charge in [0.05, 0.1) is 6.04 Å². The molecule has 0 fully saturated rings. The lowest BCUT2D eigenvalue weighted by Crippen LogP contribution is -2.34. The van der Waals surface area contributed by atoms with Crippen molar-refractivity contribution < 1.29 is 9.53 Å². The second-order valence-electron chi connectivity index (χ2n) is 5.04. The average Bonchev–Trinajstić information content (AvgIpc) is 2.55. The number of thioether (sulfide) groups is 1. The van der Waals surface area contributed by atoms with E-state index in [2.05, 4.69) is 33.4 Å². The van der Waals surface area contributed by atoms with Crippen molar-refractivity contribution in [3.63, 3.8) is 0 Å². The third-order valence-corrected chi connectivity index (χ3v) is 5.13. The maximum atomic E-state index is 12.1. The van der Waals surface area contributed by atoms with E-state index in [4.69, 9.17) is 4.74 Å². The van der Waals surface area contributed by atoms with E-state index in [9.17, 15) is 4.79 Å². The number of carbonyl (C=O) groups excluding carboxylic acids is 1. The minimum Gasteiger partial charge on any atom is -0.484 e. The number of ether oxygens (including phenoxy) is 1. The summed E-state index contributed by atoms with van der Waals surface area (Å²) in [5, 5.41) is 3.07. The third kappa shape index (κ3) is 3.84. The molecule has 3 rings (SSSR count). The molecule has 2 aromatic rings. The van der Waals surface area contributed by atoms with Gasteiger partial charge >= 0.3 is 0 Å². The molecule has 0 spiro atoms. The van der Waals surface area contributed by atoms with E-state index in [1.807, 2.05) is 48.2 Å². The van der Waals surface area contributed by atoms with Gasteiger partial charge in [0.15, 0.2) is 6.61 Å². The maximum absolute atomic E-state index is 12.1. The molecule has 1 N–H and O–H groups in total. The fourth-order valence-electron chi connectivity index (χ4n) is 2.41. The van der Waals surface area contributed by atoms with Crippen molar-refractivity contribution in [3.05, 3.63) is 58.6 Å². The highest BCUT2D eigenvalue weighted by Gasteiger charge is 2.21. The minimum absolute atomic E-state index is 0.0352. The van der Waals surface area contributed by atoms with E-state index in [0.29, 0.717) is 5.75 Å². The molecule has 1 amide bonds. The summed E-state index contributed by atoms with van der Waals surface area (Å²) in [5.74, 6) is 1.63. The van der Waals surface area contributed by atoms with Crippen molar-refractivity contribution in [1.82, 2.24) is 5.32 Å². The maximum Gasteiger partial charge on any atom is 0.258 e. The summed E-state index contributed by atoms with van der Waals surface area (Å²) in [6.07, 6.45) is 0.950. The zero-order chi connectivity index (χ0) is 15.4. The number of benzene rings is 2. The Morgan fingerprint density at radius 3 is 2.82 bits per heavy atom. The van der Waals surface area contributed by atoms with E-state index in [0.717, 1.165) is 16.6 Å². The fourth-order valence-corrected chi connectivity index (χ4v) is 3.80. The molecule has 0 saturated heterocycles. The molecule has 0 saturated carbocycles. The average molecular weight is 378 g/mol. The first-order chi connectivity index (χ1) is 10.7. The monoisotopic (exact) mass is 377 g/mol. The van der Waals surface area contributed by atoms with Crippen LogP contribution in [0, 0.1) is 0 Å². The standard InChI is InChI=1S/C17H16BrNO2S/c18-12-5-7-13(8-6-12)21-11-17(20)19-15-9-10-22-16-4-2-1-3-14(15)16/h1-8,15H,9-11H2,(H,19,20)/t15-/m0/s1. The molecule has 0 unspecified atom stereocenters. The fraction of sp³-hybridized carbons (Fsp3) is 0.235. The van der Waals surface area contributed by atoms with E-state index in [1.165, 1.54) is 10.5 Å². The first kappa shape index (κ1) is 15.4. The van der Waals surface area contributed by atoms with Crippen LogP contribution in [0.25, 0.3) is 0 Å². The van der Waals surface area contributed by atoms with Gasteiger partial charge in [-0.05, 0) is 42.3 Å². The lowest BCUT2D eigenvalue weighted by molar-refractivity contribution is -0.123. The molecule has 114 valence electrons. The highest BCUT2D eigenvalue weighted by molar-refractivity contribution is 9.10. The molecule has 3 nitrogen and oxygen atoms in total. The Labute approximate surface area is 142 Å². The Balaban J connectivity index is 1.57. The van der Waals surface area contributed by atoms with Crippen LogP contribution >= 0.6 is 27.7 Å². The lowest BCUT2D eigenvalue weighted by atomic mass is 10.0. The highest BCUT2D eigenvalue weighted by atomic mass is 79.9. The quantitative estimate of drug-likeness (QED) is 0.868. The Hall–Kier alpha value is -1.46. The number of nitrogens with one attached hydrogen (secondary N) is 1. The molecule has 0 radical (unpaired) electrons. The van der Waals surface area contributed by atoms with Crippen LogP contribution in [0.15, 0.2) is 57.9 Å². The Bertz CT molecular complexity index is 660. The van der Waals surface area contributed by atoms with E-state index >= 15 is 0 Å². The number of hydrogen-bond donors (Lipinski definition) is 1. The molecule has 1 aliphatic rings. The molecular formula is C17H16BrNO2S. The second kappa shape index (κ2) is 7.20. The number of halogens is 1.